The van der Waals surface area contributed by atoms with Crippen LogP contribution in [0.4, 0.5) is 9.18 Å². The van der Waals surface area contributed by atoms with E-state index in [4.69, 9.17) is 5.11 Å². The van der Waals surface area contributed by atoms with E-state index in [0.717, 1.165) is 0 Å². The van der Waals surface area contributed by atoms with Gasteiger partial charge in [0.15, 0.2) is 0 Å². The normalized spacial score (nSPS) is 13.7. The number of urea groups is 1. The van der Waals surface area contributed by atoms with Crippen LogP contribution >= 0.6 is 0 Å². The Morgan fingerprint density at radius 1 is 1.42 bits per heavy atom. The van der Waals surface area contributed by atoms with Gasteiger partial charge in [-0.2, -0.15) is 0 Å². The highest BCUT2D eigenvalue weighted by molar-refractivity contribution is 5.74. The van der Waals surface area contributed by atoms with Gasteiger partial charge >= 0.3 is 6.03 Å². The number of nitrogens with zero attached hydrogens (tertiary/aromatic N) is 1. The number of amides is 2. The molecule has 0 aliphatic heterocycles. The van der Waals surface area contributed by atoms with Gasteiger partial charge in [0, 0.05) is 13.1 Å². The molecule has 106 valence electrons. The molecule has 0 fully saturated rings. The summed E-state index contributed by atoms with van der Waals surface area (Å²) in [5, 5.41) is 11.8. The lowest BCUT2D eigenvalue weighted by Crippen LogP contribution is -2.47. The van der Waals surface area contributed by atoms with Crippen molar-refractivity contribution in [2.24, 2.45) is 0 Å². The molecule has 1 aromatic rings. The molecular weight excluding hydrogens is 247 g/mol. The molecule has 0 saturated heterocycles. The van der Waals surface area contributed by atoms with Crippen LogP contribution in [0.25, 0.3) is 0 Å². The van der Waals surface area contributed by atoms with Gasteiger partial charge in [0.2, 0.25) is 0 Å². The second-order valence-electron chi connectivity index (χ2n) is 4.79. The molecular formula is C14H21FN2O2. The van der Waals surface area contributed by atoms with E-state index in [1.54, 1.807) is 32.2 Å². The minimum Gasteiger partial charge on any atom is -0.394 e. The smallest absolute Gasteiger partial charge is 0.317 e. The quantitative estimate of drug-likeness (QED) is 0.855. The van der Waals surface area contributed by atoms with E-state index >= 15 is 0 Å². The molecule has 0 radical (unpaired) electrons. The van der Waals surface area contributed by atoms with Crippen LogP contribution in [0.1, 0.15) is 19.4 Å². The SMILES string of the molecule is CC(Cc1ccccc1F)NC(=O)N(C)C(C)CO. The molecule has 0 heterocycles. The number of aliphatic hydroxyl groups excluding tert-OH is 1. The number of carbonyl (C=O) groups is 1. The van der Waals surface area contributed by atoms with E-state index in [9.17, 15) is 9.18 Å². The van der Waals surface area contributed by atoms with Gasteiger partial charge in [-0.25, -0.2) is 9.18 Å². The average molecular weight is 268 g/mol. The largest absolute Gasteiger partial charge is 0.394 e. The molecule has 5 heteroatoms. The van der Waals surface area contributed by atoms with Crippen LogP contribution in [0.15, 0.2) is 24.3 Å². The Kier molecular flexibility index (Phi) is 5.76. The van der Waals surface area contributed by atoms with Crippen molar-refractivity contribution in [1.29, 1.82) is 0 Å². The summed E-state index contributed by atoms with van der Waals surface area (Å²) < 4.78 is 13.5. The van der Waals surface area contributed by atoms with Crippen molar-refractivity contribution in [2.75, 3.05) is 13.7 Å². The van der Waals surface area contributed by atoms with E-state index in [-0.39, 0.29) is 30.5 Å². The third kappa shape index (κ3) is 4.52. The van der Waals surface area contributed by atoms with Crippen molar-refractivity contribution >= 4 is 6.03 Å². The highest BCUT2D eigenvalue weighted by Crippen LogP contribution is 2.09. The van der Waals surface area contributed by atoms with E-state index in [2.05, 4.69) is 5.32 Å². The zero-order valence-corrected chi connectivity index (χ0v) is 11.6. The third-order valence-corrected chi connectivity index (χ3v) is 3.10. The van der Waals surface area contributed by atoms with Crippen molar-refractivity contribution in [2.45, 2.75) is 32.4 Å². The number of hydrogen-bond acceptors (Lipinski definition) is 2. The zero-order valence-electron chi connectivity index (χ0n) is 11.6. The Balaban J connectivity index is 2.54. The molecule has 0 saturated carbocycles. The Morgan fingerprint density at radius 3 is 2.63 bits per heavy atom. The highest BCUT2D eigenvalue weighted by Gasteiger charge is 2.17. The monoisotopic (exact) mass is 268 g/mol. The first-order chi connectivity index (χ1) is 8.95. The first kappa shape index (κ1) is 15.4. The molecule has 2 N–H and O–H groups in total. The van der Waals surface area contributed by atoms with Gasteiger partial charge in [-0.15, -0.1) is 0 Å². The van der Waals surface area contributed by atoms with Gasteiger partial charge in [-0.1, -0.05) is 18.2 Å². The van der Waals surface area contributed by atoms with E-state index < -0.39 is 0 Å². The minimum absolute atomic E-state index is 0.0917. The van der Waals surface area contributed by atoms with Gasteiger partial charge in [-0.05, 0) is 31.9 Å². The van der Waals surface area contributed by atoms with Crippen molar-refractivity contribution in [3.05, 3.63) is 35.6 Å². The Bertz CT molecular complexity index is 426. The predicted octanol–water partition coefficient (Wildman–Crippen LogP) is 1.78. The number of halogens is 1. The van der Waals surface area contributed by atoms with Gasteiger partial charge in [-0.3, -0.25) is 0 Å². The fraction of sp³-hybridized carbons (Fsp3) is 0.500. The predicted molar refractivity (Wildman–Crippen MR) is 72.4 cm³/mol. The van der Waals surface area contributed by atoms with Crippen LogP contribution in [0, 0.1) is 5.82 Å². The maximum Gasteiger partial charge on any atom is 0.317 e. The molecule has 0 spiro atoms. The number of carbonyl (C=O) groups excluding carboxylic acids is 1. The molecule has 2 amide bonds. The summed E-state index contributed by atoms with van der Waals surface area (Å²) >= 11 is 0. The number of aliphatic hydroxyl groups is 1. The molecule has 2 atom stereocenters. The van der Waals surface area contributed by atoms with Gasteiger partial charge in [0.25, 0.3) is 0 Å². The van der Waals surface area contributed by atoms with E-state index in [1.165, 1.54) is 11.0 Å². The Hall–Kier alpha value is -1.62. The molecule has 0 bridgehead atoms. The third-order valence-electron chi connectivity index (χ3n) is 3.10. The summed E-state index contributed by atoms with van der Waals surface area (Å²) in [4.78, 5) is 13.3. The van der Waals surface area contributed by atoms with Crippen molar-refractivity contribution in [3.63, 3.8) is 0 Å². The summed E-state index contributed by atoms with van der Waals surface area (Å²) in [6.45, 7) is 3.48. The summed E-state index contributed by atoms with van der Waals surface area (Å²) in [5.41, 5.74) is 0.577. The second-order valence-corrected chi connectivity index (χ2v) is 4.79. The van der Waals surface area contributed by atoms with Crippen molar-refractivity contribution in [3.8, 4) is 0 Å². The number of hydrogen-bond donors (Lipinski definition) is 2. The molecule has 0 aliphatic rings. The highest BCUT2D eigenvalue weighted by atomic mass is 19.1. The average Bonchev–Trinajstić information content (AvgIpc) is 2.39. The molecule has 0 aromatic heterocycles. The summed E-state index contributed by atoms with van der Waals surface area (Å²) in [6, 6.07) is 5.82. The van der Waals surface area contributed by atoms with Gasteiger partial charge < -0.3 is 15.3 Å². The Labute approximate surface area is 113 Å². The number of benzene rings is 1. The molecule has 2 unspecified atom stereocenters. The summed E-state index contributed by atoms with van der Waals surface area (Å²) in [7, 11) is 1.62. The van der Waals surface area contributed by atoms with E-state index in [1.807, 2.05) is 6.92 Å². The maximum atomic E-state index is 13.5. The first-order valence-corrected chi connectivity index (χ1v) is 6.33. The first-order valence-electron chi connectivity index (χ1n) is 6.33. The fourth-order valence-electron chi connectivity index (χ4n) is 1.68. The maximum absolute atomic E-state index is 13.5. The van der Waals surface area contributed by atoms with Crippen LogP contribution in [0.5, 0.6) is 0 Å². The zero-order chi connectivity index (χ0) is 14.4. The number of nitrogens with one attached hydrogen (secondary N) is 1. The standard InChI is InChI=1S/C14H21FN2O2/c1-10(8-12-6-4-5-7-13(12)15)16-14(19)17(3)11(2)9-18/h4-7,10-11,18H,8-9H2,1-3H3,(H,16,19). The van der Waals surface area contributed by atoms with E-state index in [0.29, 0.717) is 12.0 Å². The van der Waals surface area contributed by atoms with Crippen molar-refractivity contribution in [1.82, 2.24) is 10.2 Å². The van der Waals surface area contributed by atoms with Crippen LogP contribution < -0.4 is 5.32 Å². The van der Waals surface area contributed by atoms with Crippen LogP contribution in [-0.2, 0) is 6.42 Å². The minimum atomic E-state index is -0.273. The Morgan fingerprint density at radius 2 is 2.05 bits per heavy atom. The summed E-state index contributed by atoms with van der Waals surface area (Å²) in [6.07, 6.45) is 0.430. The van der Waals surface area contributed by atoms with Crippen LogP contribution in [-0.4, -0.2) is 41.8 Å². The van der Waals surface area contributed by atoms with Crippen LogP contribution in [0.3, 0.4) is 0 Å². The van der Waals surface area contributed by atoms with Gasteiger partial charge in [0.1, 0.15) is 5.82 Å². The molecule has 4 nitrogen and oxygen atoms in total. The molecule has 1 rings (SSSR count). The fourth-order valence-corrected chi connectivity index (χ4v) is 1.68. The van der Waals surface area contributed by atoms with Crippen LogP contribution in [0.2, 0.25) is 0 Å². The number of likely N-dealkylation sites (N-methyl/N-ethyl adjacent to an activating group) is 1. The van der Waals surface area contributed by atoms with Gasteiger partial charge in [0.05, 0.1) is 12.6 Å². The lowest BCUT2D eigenvalue weighted by molar-refractivity contribution is 0.155. The molecule has 19 heavy (non-hydrogen) atoms. The lowest BCUT2D eigenvalue weighted by atomic mass is 10.1. The molecule has 1 aromatic carbocycles. The lowest BCUT2D eigenvalue weighted by Gasteiger charge is -2.25. The second kappa shape index (κ2) is 7.09. The summed E-state index contributed by atoms with van der Waals surface area (Å²) in [5.74, 6) is -0.263. The molecule has 0 aliphatic carbocycles. The number of rotatable bonds is 5. The van der Waals surface area contributed by atoms with Crippen molar-refractivity contribution < 1.29 is 14.3 Å². The topological polar surface area (TPSA) is 52.6 Å².